The fraction of sp³-hybridized carbons (Fsp3) is 0.304. The average Bonchev–Trinajstić information content (AvgIpc) is 3.37. The second kappa shape index (κ2) is 8.24. The van der Waals surface area contributed by atoms with Crippen molar-refractivity contribution in [2.75, 3.05) is 38.9 Å². The minimum absolute atomic E-state index is 0.0262. The molecule has 0 unspecified atom stereocenters. The summed E-state index contributed by atoms with van der Waals surface area (Å²) in [6.07, 6.45) is -4.64. The second-order valence-corrected chi connectivity index (χ2v) is 8.08. The number of rotatable bonds is 3. The zero-order chi connectivity index (χ0) is 24.0. The van der Waals surface area contributed by atoms with Crippen LogP contribution in [0.4, 0.5) is 18.9 Å². The van der Waals surface area contributed by atoms with Crippen LogP contribution >= 0.6 is 0 Å². The van der Waals surface area contributed by atoms with Crippen molar-refractivity contribution in [2.45, 2.75) is 12.7 Å². The monoisotopic (exact) mass is 474 g/mol. The summed E-state index contributed by atoms with van der Waals surface area (Å²) in [5, 5.41) is 3.84. The molecule has 2 aliphatic heterocycles. The number of carbonyl (C=O) groups excluding carboxylic acids is 1. The van der Waals surface area contributed by atoms with Crippen LogP contribution in [0.2, 0.25) is 0 Å². The van der Waals surface area contributed by atoms with Crippen LogP contribution in [0.5, 0.6) is 17.4 Å². The van der Waals surface area contributed by atoms with Gasteiger partial charge in [-0.05, 0) is 37.4 Å². The van der Waals surface area contributed by atoms with E-state index in [1.807, 2.05) is 0 Å². The largest absolute Gasteiger partial charge is 0.476 e. The number of ether oxygens (including phenoxy) is 3. The molecule has 1 amide bonds. The van der Waals surface area contributed by atoms with Gasteiger partial charge in [-0.15, -0.1) is 0 Å². The maximum absolute atomic E-state index is 13.7. The van der Waals surface area contributed by atoms with Crippen LogP contribution in [0, 0.1) is 0 Å². The normalized spacial score (nSPS) is 15.4. The van der Waals surface area contributed by atoms with Crippen LogP contribution in [0.25, 0.3) is 5.69 Å². The van der Waals surface area contributed by atoms with Gasteiger partial charge in [0.15, 0.2) is 17.2 Å². The maximum atomic E-state index is 13.7. The predicted molar refractivity (Wildman–Crippen MR) is 116 cm³/mol. The second-order valence-electron chi connectivity index (χ2n) is 8.08. The van der Waals surface area contributed by atoms with E-state index in [4.69, 9.17) is 14.2 Å². The van der Waals surface area contributed by atoms with Crippen molar-refractivity contribution in [1.29, 1.82) is 0 Å². The number of benzene rings is 2. The molecule has 0 spiro atoms. The third kappa shape index (κ3) is 3.92. The van der Waals surface area contributed by atoms with E-state index in [0.717, 1.165) is 4.68 Å². The van der Waals surface area contributed by atoms with Gasteiger partial charge in [0.05, 0.1) is 11.3 Å². The molecule has 1 aromatic heterocycles. The first-order chi connectivity index (χ1) is 16.2. The number of anilines is 1. The van der Waals surface area contributed by atoms with Crippen molar-refractivity contribution in [3.63, 3.8) is 0 Å². The summed E-state index contributed by atoms with van der Waals surface area (Å²) in [7, 11) is 3.33. The molecule has 0 saturated heterocycles. The van der Waals surface area contributed by atoms with Crippen molar-refractivity contribution in [3.05, 3.63) is 59.3 Å². The molecular weight excluding hydrogens is 453 g/mol. The van der Waals surface area contributed by atoms with E-state index in [-0.39, 0.29) is 42.9 Å². The van der Waals surface area contributed by atoms with Crippen molar-refractivity contribution >= 4 is 11.6 Å². The summed E-state index contributed by atoms with van der Waals surface area (Å²) in [5.41, 5.74) is 0.132. The highest BCUT2D eigenvalue weighted by Gasteiger charge is 2.41. The van der Waals surface area contributed by atoms with Gasteiger partial charge in [-0.3, -0.25) is 9.69 Å². The van der Waals surface area contributed by atoms with Gasteiger partial charge in [0.1, 0.15) is 6.61 Å². The Kier molecular flexibility index (Phi) is 5.35. The highest BCUT2D eigenvalue weighted by Crippen LogP contribution is 2.39. The summed E-state index contributed by atoms with van der Waals surface area (Å²) in [6.45, 7) is 0.864. The predicted octanol–water partition coefficient (Wildman–Crippen LogP) is 3.72. The Balaban J connectivity index is 1.50. The molecule has 34 heavy (non-hydrogen) atoms. The summed E-state index contributed by atoms with van der Waals surface area (Å²) < 4.78 is 58.7. The first-order valence-electron chi connectivity index (χ1n) is 10.5. The number of halogens is 3. The number of hydrogen-bond acceptors (Lipinski definition) is 6. The number of carbonyl (C=O) groups is 1. The Hall–Kier alpha value is -3.73. The molecule has 3 aromatic rings. The van der Waals surface area contributed by atoms with Crippen LogP contribution in [0.1, 0.15) is 21.6 Å². The SMILES string of the molecule is CN1CCOc2c(c(C(F)(F)F)nn2-c2cccc(C(=O)N(C)c3ccc4c(c3)OCO4)c2)C1. The van der Waals surface area contributed by atoms with Crippen LogP contribution < -0.4 is 19.1 Å². The molecule has 8 nitrogen and oxygen atoms in total. The van der Waals surface area contributed by atoms with Gasteiger partial charge >= 0.3 is 6.18 Å². The molecule has 2 aliphatic rings. The summed E-state index contributed by atoms with van der Waals surface area (Å²) >= 11 is 0. The topological polar surface area (TPSA) is 69.1 Å². The van der Waals surface area contributed by atoms with Crippen molar-refractivity contribution in [2.24, 2.45) is 0 Å². The van der Waals surface area contributed by atoms with Gasteiger partial charge in [-0.1, -0.05) is 6.07 Å². The van der Waals surface area contributed by atoms with Gasteiger partial charge in [0, 0.05) is 37.5 Å². The molecule has 0 aliphatic carbocycles. The van der Waals surface area contributed by atoms with Crippen LogP contribution in [0.15, 0.2) is 42.5 Å². The lowest BCUT2D eigenvalue weighted by molar-refractivity contribution is -0.142. The third-order valence-corrected chi connectivity index (χ3v) is 5.73. The van der Waals surface area contributed by atoms with E-state index in [1.54, 1.807) is 55.4 Å². The molecule has 5 rings (SSSR count). The Morgan fingerprint density at radius 2 is 1.88 bits per heavy atom. The number of nitrogens with zero attached hydrogens (tertiary/aromatic N) is 4. The van der Waals surface area contributed by atoms with Gasteiger partial charge in [-0.25, -0.2) is 4.68 Å². The molecular formula is C23H21F3N4O4. The van der Waals surface area contributed by atoms with Gasteiger partial charge in [0.25, 0.3) is 5.91 Å². The van der Waals surface area contributed by atoms with E-state index < -0.39 is 11.9 Å². The van der Waals surface area contributed by atoms with Gasteiger partial charge in [-0.2, -0.15) is 18.3 Å². The molecule has 11 heteroatoms. The fourth-order valence-electron chi connectivity index (χ4n) is 3.95. The zero-order valence-corrected chi connectivity index (χ0v) is 18.4. The molecule has 0 atom stereocenters. The first-order valence-corrected chi connectivity index (χ1v) is 10.5. The molecule has 3 heterocycles. The first kappa shape index (κ1) is 22.1. The van der Waals surface area contributed by atoms with Crippen molar-refractivity contribution in [3.8, 4) is 23.1 Å². The lowest BCUT2D eigenvalue weighted by atomic mass is 10.1. The standard InChI is InChI=1S/C23H21F3N4O4/c1-28-8-9-32-22-17(12-28)20(23(24,25)26)27-30(22)16-5-3-4-14(10-16)21(31)29(2)15-6-7-18-19(11-15)34-13-33-18/h3-7,10-11H,8-9,12-13H2,1-2H3. The Bertz CT molecular complexity index is 1260. The Morgan fingerprint density at radius 1 is 1.09 bits per heavy atom. The Morgan fingerprint density at radius 3 is 2.68 bits per heavy atom. The smallest absolute Gasteiger partial charge is 0.435 e. The lowest BCUT2D eigenvalue weighted by Crippen LogP contribution is -2.26. The van der Waals surface area contributed by atoms with Gasteiger partial charge in [0.2, 0.25) is 12.7 Å². The molecule has 0 saturated carbocycles. The van der Waals surface area contributed by atoms with E-state index in [1.165, 1.54) is 11.0 Å². The molecule has 0 bridgehead atoms. The van der Waals surface area contributed by atoms with Crippen LogP contribution in [0.3, 0.4) is 0 Å². The fourth-order valence-corrected chi connectivity index (χ4v) is 3.95. The number of likely N-dealkylation sites (N-methyl/N-ethyl adjacent to an activating group) is 1. The minimum atomic E-state index is -4.64. The zero-order valence-electron chi connectivity index (χ0n) is 18.4. The summed E-state index contributed by atoms with van der Waals surface area (Å²) in [6, 6.07) is 11.4. The van der Waals surface area contributed by atoms with E-state index in [0.29, 0.717) is 29.4 Å². The number of aromatic nitrogens is 2. The van der Waals surface area contributed by atoms with Crippen molar-refractivity contribution in [1.82, 2.24) is 14.7 Å². The van der Waals surface area contributed by atoms with Gasteiger partial charge < -0.3 is 19.1 Å². The number of alkyl halides is 3. The number of hydrogen-bond donors (Lipinski definition) is 0. The maximum Gasteiger partial charge on any atom is 0.435 e. The number of amides is 1. The lowest BCUT2D eigenvalue weighted by Gasteiger charge is -2.18. The quantitative estimate of drug-likeness (QED) is 0.577. The van der Waals surface area contributed by atoms with E-state index in [9.17, 15) is 18.0 Å². The third-order valence-electron chi connectivity index (χ3n) is 5.73. The molecule has 2 aromatic carbocycles. The van der Waals surface area contributed by atoms with Crippen LogP contribution in [-0.2, 0) is 12.7 Å². The number of fused-ring (bicyclic) bond motifs is 2. The van der Waals surface area contributed by atoms with Crippen molar-refractivity contribution < 1.29 is 32.2 Å². The van der Waals surface area contributed by atoms with E-state index >= 15 is 0 Å². The summed E-state index contributed by atoms with van der Waals surface area (Å²) in [4.78, 5) is 16.4. The average molecular weight is 474 g/mol. The van der Waals surface area contributed by atoms with Crippen LogP contribution in [-0.4, -0.2) is 54.6 Å². The van der Waals surface area contributed by atoms with E-state index in [2.05, 4.69) is 5.10 Å². The Labute approximate surface area is 193 Å². The molecule has 0 fully saturated rings. The summed E-state index contributed by atoms with van der Waals surface area (Å²) in [5.74, 6) is 0.810. The highest BCUT2D eigenvalue weighted by molar-refractivity contribution is 6.06. The molecule has 0 N–H and O–H groups in total. The molecule has 178 valence electrons. The highest BCUT2D eigenvalue weighted by atomic mass is 19.4. The molecule has 0 radical (unpaired) electrons. The minimum Gasteiger partial charge on any atom is -0.476 e.